The van der Waals surface area contributed by atoms with Gasteiger partial charge < -0.3 is 10.6 Å². The smallest absolute Gasteiger partial charge is 0.238 e. The number of nitrogen functional groups attached to an aromatic ring is 1. The summed E-state index contributed by atoms with van der Waals surface area (Å²) in [4.78, 5) is 13.2. The van der Waals surface area contributed by atoms with Crippen LogP contribution in [0.5, 0.6) is 0 Å². The minimum Gasteiger partial charge on any atom is -0.398 e. The van der Waals surface area contributed by atoms with E-state index in [1.807, 2.05) is 0 Å². The predicted octanol–water partition coefficient (Wildman–Crippen LogP) is 1.56. The molecule has 19 heavy (non-hydrogen) atoms. The Labute approximate surface area is 118 Å². The lowest BCUT2D eigenvalue weighted by Crippen LogP contribution is -2.35. The third-order valence-electron chi connectivity index (χ3n) is 2.74. The van der Waals surface area contributed by atoms with Gasteiger partial charge in [-0.15, -0.1) is 0 Å². The van der Waals surface area contributed by atoms with E-state index in [1.165, 1.54) is 23.1 Å². The molecule has 0 unspecified atom stereocenters. The number of benzene rings is 1. The second-order valence-electron chi connectivity index (χ2n) is 4.01. The van der Waals surface area contributed by atoms with Crippen molar-refractivity contribution in [2.24, 2.45) is 0 Å². The Hall–Kier alpha value is -1.27. The number of halogens is 1. The lowest BCUT2D eigenvalue weighted by molar-refractivity contribution is -0.128. The Morgan fingerprint density at radius 3 is 2.42 bits per heavy atom. The van der Waals surface area contributed by atoms with Gasteiger partial charge in [0.05, 0.1) is 10.6 Å². The van der Waals surface area contributed by atoms with Gasteiger partial charge in [-0.05, 0) is 32.0 Å². The molecule has 0 aliphatic heterocycles. The predicted molar refractivity (Wildman–Crippen MR) is 75.8 cm³/mol. The first-order valence-corrected chi connectivity index (χ1v) is 7.90. The molecule has 0 atom stereocenters. The van der Waals surface area contributed by atoms with Gasteiger partial charge >= 0.3 is 0 Å². The summed E-state index contributed by atoms with van der Waals surface area (Å²) >= 11 is 5.76. The number of nitrogens with two attached hydrogens (primary N) is 1. The highest BCUT2D eigenvalue weighted by Crippen LogP contribution is 2.23. The average molecular weight is 305 g/mol. The Morgan fingerprint density at radius 1 is 1.32 bits per heavy atom. The van der Waals surface area contributed by atoms with Crippen molar-refractivity contribution in [2.75, 3.05) is 24.6 Å². The van der Waals surface area contributed by atoms with Crippen LogP contribution in [0.3, 0.4) is 0 Å². The lowest BCUT2D eigenvalue weighted by atomic mass is 10.3. The van der Waals surface area contributed by atoms with Gasteiger partial charge in [-0.1, -0.05) is 11.6 Å². The molecule has 7 heteroatoms. The number of hydrogen-bond acceptors (Lipinski definition) is 4. The van der Waals surface area contributed by atoms with Crippen LogP contribution >= 0.6 is 11.6 Å². The van der Waals surface area contributed by atoms with Gasteiger partial charge in [-0.2, -0.15) is 0 Å². The van der Waals surface area contributed by atoms with Crippen molar-refractivity contribution in [3.63, 3.8) is 0 Å². The molecule has 0 saturated carbocycles. The standard InChI is InChI=1S/C12H17ClN2O3S/c1-3-15(4-2)12(16)8-19(17,18)11-7-9(13)5-6-10(11)14/h5-7H,3-4,8,14H2,1-2H3. The van der Waals surface area contributed by atoms with Crippen molar-refractivity contribution in [1.82, 2.24) is 4.90 Å². The molecule has 2 N–H and O–H groups in total. The molecule has 0 saturated heterocycles. The first kappa shape index (κ1) is 15.8. The Morgan fingerprint density at radius 2 is 1.89 bits per heavy atom. The third-order valence-corrected chi connectivity index (χ3v) is 4.63. The Kier molecular flexibility index (Phi) is 5.20. The molecule has 0 aromatic heterocycles. The van der Waals surface area contributed by atoms with Gasteiger partial charge in [0, 0.05) is 18.1 Å². The van der Waals surface area contributed by atoms with Crippen molar-refractivity contribution < 1.29 is 13.2 Å². The Bertz CT molecular complexity index is 568. The molecular weight excluding hydrogens is 288 g/mol. The van der Waals surface area contributed by atoms with E-state index in [9.17, 15) is 13.2 Å². The number of hydrogen-bond donors (Lipinski definition) is 1. The first-order chi connectivity index (χ1) is 8.81. The van der Waals surface area contributed by atoms with Gasteiger partial charge in [0.15, 0.2) is 9.84 Å². The average Bonchev–Trinajstić information content (AvgIpc) is 2.33. The van der Waals surface area contributed by atoms with Gasteiger partial charge in [-0.25, -0.2) is 8.42 Å². The van der Waals surface area contributed by atoms with Gasteiger partial charge in [0.25, 0.3) is 0 Å². The second-order valence-corrected chi connectivity index (χ2v) is 6.40. The van der Waals surface area contributed by atoms with Crippen molar-refractivity contribution in [3.05, 3.63) is 23.2 Å². The van der Waals surface area contributed by atoms with Crippen LogP contribution in [-0.2, 0) is 14.6 Å². The SMILES string of the molecule is CCN(CC)C(=O)CS(=O)(=O)c1cc(Cl)ccc1N. The monoisotopic (exact) mass is 304 g/mol. The largest absolute Gasteiger partial charge is 0.398 e. The summed E-state index contributed by atoms with van der Waals surface area (Å²) in [6, 6.07) is 4.18. The van der Waals surface area contributed by atoms with Crippen LogP contribution in [0.2, 0.25) is 5.02 Å². The molecule has 0 radical (unpaired) electrons. The zero-order valence-electron chi connectivity index (χ0n) is 10.9. The Balaban J connectivity index is 3.05. The molecule has 0 aliphatic rings. The van der Waals surface area contributed by atoms with Crippen molar-refractivity contribution >= 4 is 33.0 Å². The number of amides is 1. The molecule has 5 nitrogen and oxygen atoms in total. The maximum Gasteiger partial charge on any atom is 0.238 e. The van der Waals surface area contributed by atoms with Gasteiger partial charge in [0.1, 0.15) is 5.75 Å². The number of carbonyl (C=O) groups is 1. The number of sulfone groups is 1. The number of rotatable bonds is 5. The van der Waals surface area contributed by atoms with Crippen LogP contribution < -0.4 is 5.73 Å². The molecule has 0 fully saturated rings. The van der Waals surface area contributed by atoms with E-state index < -0.39 is 21.5 Å². The van der Waals surface area contributed by atoms with Gasteiger partial charge in [-0.3, -0.25) is 4.79 Å². The highest BCUT2D eigenvalue weighted by Gasteiger charge is 2.24. The highest BCUT2D eigenvalue weighted by molar-refractivity contribution is 7.92. The van der Waals surface area contributed by atoms with Crippen LogP contribution in [-0.4, -0.2) is 38.1 Å². The maximum absolute atomic E-state index is 12.2. The fourth-order valence-corrected chi connectivity index (χ4v) is 3.32. The zero-order valence-corrected chi connectivity index (χ0v) is 12.5. The zero-order chi connectivity index (χ0) is 14.6. The summed E-state index contributed by atoms with van der Waals surface area (Å²) in [5.74, 6) is -1.04. The van der Waals surface area contributed by atoms with E-state index in [1.54, 1.807) is 13.8 Å². The van der Waals surface area contributed by atoms with E-state index in [0.717, 1.165) is 0 Å². The molecule has 1 aromatic rings. The molecule has 0 spiro atoms. The summed E-state index contributed by atoms with van der Waals surface area (Å²) < 4.78 is 24.3. The second kappa shape index (κ2) is 6.25. The first-order valence-electron chi connectivity index (χ1n) is 5.87. The third kappa shape index (κ3) is 3.84. The van der Waals surface area contributed by atoms with Crippen molar-refractivity contribution in [1.29, 1.82) is 0 Å². The summed E-state index contributed by atoms with van der Waals surface area (Å²) in [5, 5.41) is 0.267. The van der Waals surface area contributed by atoms with Crippen LogP contribution in [0.25, 0.3) is 0 Å². The van der Waals surface area contributed by atoms with Gasteiger partial charge in [0.2, 0.25) is 5.91 Å². The van der Waals surface area contributed by atoms with Crippen LogP contribution in [0, 0.1) is 0 Å². The molecular formula is C12H17ClN2O3S. The summed E-state index contributed by atoms with van der Waals surface area (Å²) in [7, 11) is -3.78. The molecule has 106 valence electrons. The summed E-state index contributed by atoms with van der Waals surface area (Å²) in [6.07, 6.45) is 0. The van der Waals surface area contributed by atoms with Crippen LogP contribution in [0.4, 0.5) is 5.69 Å². The molecule has 0 aliphatic carbocycles. The van der Waals surface area contributed by atoms with E-state index in [0.29, 0.717) is 13.1 Å². The fourth-order valence-electron chi connectivity index (χ4n) is 1.69. The van der Waals surface area contributed by atoms with Crippen molar-refractivity contribution in [3.8, 4) is 0 Å². The van der Waals surface area contributed by atoms with E-state index in [2.05, 4.69) is 0 Å². The summed E-state index contributed by atoms with van der Waals surface area (Å²) in [5.41, 5.74) is 5.72. The fraction of sp³-hybridized carbons (Fsp3) is 0.417. The quantitative estimate of drug-likeness (QED) is 0.837. The minimum absolute atomic E-state index is 0.0942. The van der Waals surface area contributed by atoms with E-state index in [4.69, 9.17) is 17.3 Å². The molecule has 0 heterocycles. The van der Waals surface area contributed by atoms with Crippen LogP contribution in [0.1, 0.15) is 13.8 Å². The maximum atomic E-state index is 12.2. The summed E-state index contributed by atoms with van der Waals surface area (Å²) in [6.45, 7) is 4.52. The number of anilines is 1. The normalized spacial score (nSPS) is 11.3. The molecule has 0 bridgehead atoms. The minimum atomic E-state index is -3.78. The van der Waals surface area contributed by atoms with E-state index >= 15 is 0 Å². The van der Waals surface area contributed by atoms with Crippen molar-refractivity contribution in [2.45, 2.75) is 18.7 Å². The van der Waals surface area contributed by atoms with Crippen LogP contribution in [0.15, 0.2) is 23.1 Å². The molecule has 1 amide bonds. The number of carbonyl (C=O) groups excluding carboxylic acids is 1. The highest BCUT2D eigenvalue weighted by atomic mass is 35.5. The molecule has 1 aromatic carbocycles. The number of nitrogens with zero attached hydrogens (tertiary/aromatic N) is 1. The molecule has 1 rings (SSSR count). The van der Waals surface area contributed by atoms with E-state index in [-0.39, 0.29) is 15.6 Å². The topological polar surface area (TPSA) is 80.5 Å². The lowest BCUT2D eigenvalue weighted by Gasteiger charge is -2.18.